The van der Waals surface area contributed by atoms with Crippen LogP contribution >= 0.6 is 0 Å². The normalized spacial score (nSPS) is 10.8. The number of methoxy groups -OCH3 is 1. The Hall–Kier alpha value is -2.96. The molecule has 24 heavy (non-hydrogen) atoms. The van der Waals surface area contributed by atoms with Crippen LogP contribution < -0.4 is 10.6 Å². The first kappa shape index (κ1) is 17.4. The topological polar surface area (TPSA) is 93.2 Å². The number of hydrogen-bond donors (Lipinski definition) is 2. The number of ether oxygens (including phenoxy) is 1. The first-order valence-electron chi connectivity index (χ1n) is 7.38. The number of anilines is 2. The van der Waals surface area contributed by atoms with Gasteiger partial charge in [-0.05, 0) is 39.0 Å². The average Bonchev–Trinajstić information content (AvgIpc) is 2.53. The standard InChI is InChI=1S/C17H20N4O3/c1-17(2,3)21-14-10-18-13(9-19-14)15(22)20-12-7-5-6-11(8-12)16(23)24-4/h5-10H,1-4H3,(H,19,21)(H,20,22). The maximum atomic E-state index is 12.2. The molecular weight excluding hydrogens is 308 g/mol. The number of benzene rings is 1. The van der Waals surface area contributed by atoms with E-state index in [2.05, 4.69) is 25.3 Å². The Kier molecular flexibility index (Phi) is 5.13. The molecule has 0 spiro atoms. The molecule has 126 valence electrons. The molecule has 7 nitrogen and oxygen atoms in total. The number of amides is 1. The summed E-state index contributed by atoms with van der Waals surface area (Å²) in [6, 6.07) is 6.47. The van der Waals surface area contributed by atoms with Gasteiger partial charge in [0.15, 0.2) is 0 Å². The number of hydrogen-bond acceptors (Lipinski definition) is 6. The predicted molar refractivity (Wildman–Crippen MR) is 91.1 cm³/mol. The maximum absolute atomic E-state index is 12.2. The third kappa shape index (κ3) is 4.77. The van der Waals surface area contributed by atoms with Gasteiger partial charge in [0, 0.05) is 11.2 Å². The SMILES string of the molecule is COC(=O)c1cccc(NC(=O)c2cnc(NC(C)(C)C)cn2)c1. The van der Waals surface area contributed by atoms with Gasteiger partial charge in [0.25, 0.3) is 5.91 Å². The van der Waals surface area contributed by atoms with Crippen LogP contribution in [0.1, 0.15) is 41.6 Å². The van der Waals surface area contributed by atoms with E-state index >= 15 is 0 Å². The summed E-state index contributed by atoms with van der Waals surface area (Å²) in [6.45, 7) is 6.01. The van der Waals surface area contributed by atoms with Crippen molar-refractivity contribution in [1.29, 1.82) is 0 Å². The van der Waals surface area contributed by atoms with Gasteiger partial charge in [0.1, 0.15) is 11.5 Å². The smallest absolute Gasteiger partial charge is 0.337 e. The molecule has 0 aliphatic heterocycles. The summed E-state index contributed by atoms with van der Waals surface area (Å²) in [5.41, 5.74) is 0.859. The van der Waals surface area contributed by atoms with Crippen LogP contribution in [0.3, 0.4) is 0 Å². The van der Waals surface area contributed by atoms with Gasteiger partial charge in [-0.3, -0.25) is 4.79 Å². The van der Waals surface area contributed by atoms with Crippen molar-refractivity contribution in [3.8, 4) is 0 Å². The number of rotatable bonds is 4. The van der Waals surface area contributed by atoms with Crippen molar-refractivity contribution in [2.45, 2.75) is 26.3 Å². The Morgan fingerprint density at radius 2 is 1.88 bits per heavy atom. The lowest BCUT2D eigenvalue weighted by Crippen LogP contribution is -2.27. The molecule has 0 radical (unpaired) electrons. The van der Waals surface area contributed by atoms with E-state index in [0.29, 0.717) is 17.1 Å². The average molecular weight is 328 g/mol. The van der Waals surface area contributed by atoms with Gasteiger partial charge in [0.05, 0.1) is 25.1 Å². The molecule has 0 saturated heterocycles. The van der Waals surface area contributed by atoms with Gasteiger partial charge in [-0.2, -0.15) is 0 Å². The first-order valence-corrected chi connectivity index (χ1v) is 7.38. The highest BCUT2D eigenvalue weighted by Gasteiger charge is 2.13. The molecule has 0 aliphatic rings. The Morgan fingerprint density at radius 1 is 1.12 bits per heavy atom. The molecule has 7 heteroatoms. The maximum Gasteiger partial charge on any atom is 0.337 e. The molecule has 0 bridgehead atoms. The monoisotopic (exact) mass is 328 g/mol. The van der Waals surface area contributed by atoms with Crippen molar-refractivity contribution < 1.29 is 14.3 Å². The van der Waals surface area contributed by atoms with Gasteiger partial charge in [0.2, 0.25) is 0 Å². The van der Waals surface area contributed by atoms with Crippen LogP contribution in [0.4, 0.5) is 11.5 Å². The van der Waals surface area contributed by atoms with E-state index in [4.69, 9.17) is 0 Å². The molecule has 2 aromatic rings. The second-order valence-electron chi connectivity index (χ2n) is 6.19. The molecular formula is C17H20N4O3. The molecule has 1 heterocycles. The van der Waals surface area contributed by atoms with E-state index in [1.165, 1.54) is 25.6 Å². The van der Waals surface area contributed by atoms with Crippen LogP contribution in [0.25, 0.3) is 0 Å². The number of esters is 1. The van der Waals surface area contributed by atoms with E-state index < -0.39 is 11.9 Å². The summed E-state index contributed by atoms with van der Waals surface area (Å²) in [5, 5.41) is 5.84. The summed E-state index contributed by atoms with van der Waals surface area (Å²) in [6.07, 6.45) is 2.90. The molecule has 1 amide bonds. The molecule has 0 saturated carbocycles. The zero-order valence-electron chi connectivity index (χ0n) is 14.1. The first-order chi connectivity index (χ1) is 11.3. The van der Waals surface area contributed by atoms with E-state index in [1.807, 2.05) is 20.8 Å². The molecule has 1 aromatic heterocycles. The van der Waals surface area contributed by atoms with Crippen LogP contribution in [-0.4, -0.2) is 34.5 Å². The van der Waals surface area contributed by atoms with Crippen molar-refractivity contribution in [3.05, 3.63) is 47.9 Å². The van der Waals surface area contributed by atoms with Crippen LogP contribution in [0.5, 0.6) is 0 Å². The Balaban J connectivity index is 2.08. The minimum absolute atomic E-state index is 0.146. The van der Waals surface area contributed by atoms with Crippen molar-refractivity contribution in [2.75, 3.05) is 17.7 Å². The van der Waals surface area contributed by atoms with E-state index in [9.17, 15) is 9.59 Å². The zero-order chi connectivity index (χ0) is 17.7. The van der Waals surface area contributed by atoms with Gasteiger partial charge in [-0.1, -0.05) is 6.07 Å². The van der Waals surface area contributed by atoms with Gasteiger partial charge in [-0.15, -0.1) is 0 Å². The summed E-state index contributed by atoms with van der Waals surface area (Å²) < 4.78 is 4.65. The second-order valence-corrected chi connectivity index (χ2v) is 6.19. The fraction of sp³-hybridized carbons (Fsp3) is 0.294. The second kappa shape index (κ2) is 7.08. The number of aromatic nitrogens is 2. The Labute approximate surface area is 140 Å². The molecule has 2 rings (SSSR count). The molecule has 2 N–H and O–H groups in total. The summed E-state index contributed by atoms with van der Waals surface area (Å²) >= 11 is 0. The van der Waals surface area contributed by atoms with Crippen molar-refractivity contribution >= 4 is 23.4 Å². The largest absolute Gasteiger partial charge is 0.465 e. The fourth-order valence-corrected chi connectivity index (χ4v) is 1.93. The van der Waals surface area contributed by atoms with Gasteiger partial charge in [-0.25, -0.2) is 14.8 Å². The van der Waals surface area contributed by atoms with Crippen molar-refractivity contribution in [3.63, 3.8) is 0 Å². The highest BCUT2D eigenvalue weighted by molar-refractivity contribution is 6.03. The van der Waals surface area contributed by atoms with Crippen LogP contribution in [0.2, 0.25) is 0 Å². The molecule has 0 aliphatic carbocycles. The lowest BCUT2D eigenvalue weighted by atomic mass is 10.1. The summed E-state index contributed by atoms with van der Waals surface area (Å²) in [7, 11) is 1.30. The van der Waals surface area contributed by atoms with E-state index in [-0.39, 0.29) is 11.2 Å². The molecule has 0 atom stereocenters. The van der Waals surface area contributed by atoms with Gasteiger partial charge < -0.3 is 15.4 Å². The minimum Gasteiger partial charge on any atom is -0.465 e. The lowest BCUT2D eigenvalue weighted by molar-refractivity contribution is 0.0600. The zero-order valence-corrected chi connectivity index (χ0v) is 14.1. The Morgan fingerprint density at radius 3 is 2.46 bits per heavy atom. The van der Waals surface area contributed by atoms with Crippen molar-refractivity contribution in [2.24, 2.45) is 0 Å². The minimum atomic E-state index is -0.469. The van der Waals surface area contributed by atoms with Crippen LogP contribution in [0.15, 0.2) is 36.7 Å². The predicted octanol–water partition coefficient (Wildman–Crippen LogP) is 2.73. The third-order valence-corrected chi connectivity index (χ3v) is 2.93. The van der Waals surface area contributed by atoms with E-state index in [1.54, 1.807) is 18.2 Å². The number of nitrogens with one attached hydrogen (secondary N) is 2. The summed E-state index contributed by atoms with van der Waals surface area (Å²) in [4.78, 5) is 32.0. The summed E-state index contributed by atoms with van der Waals surface area (Å²) in [5.74, 6) is -0.290. The molecule has 1 aromatic carbocycles. The van der Waals surface area contributed by atoms with Crippen LogP contribution in [0, 0.1) is 0 Å². The molecule has 0 fully saturated rings. The van der Waals surface area contributed by atoms with Gasteiger partial charge >= 0.3 is 5.97 Å². The molecule has 0 unspecified atom stereocenters. The third-order valence-electron chi connectivity index (χ3n) is 2.93. The highest BCUT2D eigenvalue weighted by Crippen LogP contribution is 2.14. The van der Waals surface area contributed by atoms with Crippen LogP contribution in [-0.2, 0) is 4.74 Å². The van der Waals surface area contributed by atoms with Crippen molar-refractivity contribution in [1.82, 2.24) is 9.97 Å². The van der Waals surface area contributed by atoms with E-state index in [0.717, 1.165) is 0 Å². The number of carbonyl (C=O) groups excluding carboxylic acids is 2. The number of carbonyl (C=O) groups is 2. The highest BCUT2D eigenvalue weighted by atomic mass is 16.5. The lowest BCUT2D eigenvalue weighted by Gasteiger charge is -2.20. The fourth-order valence-electron chi connectivity index (χ4n) is 1.93. The Bertz CT molecular complexity index is 736. The number of nitrogens with zero attached hydrogens (tertiary/aromatic N) is 2. The quantitative estimate of drug-likeness (QED) is 0.838.